The minimum atomic E-state index is 0.280. The summed E-state index contributed by atoms with van der Waals surface area (Å²) in [6.07, 6.45) is 3.24. The summed E-state index contributed by atoms with van der Waals surface area (Å²) in [5.74, 6) is 1.60. The van der Waals surface area contributed by atoms with E-state index in [0.29, 0.717) is 23.1 Å². The van der Waals surface area contributed by atoms with Crippen LogP contribution < -0.4 is 9.47 Å². The van der Waals surface area contributed by atoms with Crippen LogP contribution in [0.4, 0.5) is 0 Å². The standard InChI is InChI=1S/C16H13N5O2/c1-22-14-5-4-11(8-15(14)23-2)13-9-12(10-17)20-21(13)16-18-6-3-7-19-16/h3-9H,1-2H3. The minimum Gasteiger partial charge on any atom is -0.493 e. The maximum absolute atomic E-state index is 9.14. The largest absolute Gasteiger partial charge is 0.493 e. The molecule has 7 nitrogen and oxygen atoms in total. The molecule has 0 N–H and O–H groups in total. The highest BCUT2D eigenvalue weighted by Gasteiger charge is 2.15. The van der Waals surface area contributed by atoms with Crippen molar-refractivity contribution in [3.63, 3.8) is 0 Å². The molecule has 0 saturated heterocycles. The molecule has 7 heteroatoms. The van der Waals surface area contributed by atoms with Gasteiger partial charge in [-0.1, -0.05) is 0 Å². The maximum atomic E-state index is 9.14. The van der Waals surface area contributed by atoms with Gasteiger partial charge in [0, 0.05) is 24.0 Å². The molecule has 3 aromatic rings. The minimum absolute atomic E-state index is 0.280. The van der Waals surface area contributed by atoms with Crippen molar-refractivity contribution in [3.8, 4) is 34.8 Å². The smallest absolute Gasteiger partial charge is 0.251 e. The van der Waals surface area contributed by atoms with Crippen molar-refractivity contribution in [2.24, 2.45) is 0 Å². The summed E-state index contributed by atoms with van der Waals surface area (Å²) in [4.78, 5) is 8.37. The molecule has 1 aromatic carbocycles. The van der Waals surface area contributed by atoms with E-state index in [1.54, 1.807) is 44.8 Å². The molecule has 0 aliphatic rings. The Morgan fingerprint density at radius 3 is 2.43 bits per heavy atom. The first-order valence-corrected chi connectivity index (χ1v) is 6.76. The average molecular weight is 307 g/mol. The summed E-state index contributed by atoms with van der Waals surface area (Å²) in [6.45, 7) is 0. The van der Waals surface area contributed by atoms with Gasteiger partial charge < -0.3 is 9.47 Å². The molecule has 2 aromatic heterocycles. The second kappa shape index (κ2) is 6.15. The molecule has 0 spiro atoms. The molecular formula is C16H13N5O2. The average Bonchev–Trinajstić information content (AvgIpc) is 3.06. The molecular weight excluding hydrogens is 294 g/mol. The van der Waals surface area contributed by atoms with Gasteiger partial charge >= 0.3 is 0 Å². The van der Waals surface area contributed by atoms with Crippen molar-refractivity contribution < 1.29 is 9.47 Å². The molecule has 3 rings (SSSR count). The van der Waals surface area contributed by atoms with Crippen LogP contribution in [0.5, 0.6) is 11.5 Å². The van der Waals surface area contributed by atoms with E-state index >= 15 is 0 Å². The van der Waals surface area contributed by atoms with Crippen molar-refractivity contribution >= 4 is 0 Å². The van der Waals surface area contributed by atoms with E-state index in [-0.39, 0.29) is 5.69 Å². The zero-order valence-corrected chi connectivity index (χ0v) is 12.6. The number of nitrogens with zero attached hydrogens (tertiary/aromatic N) is 5. The van der Waals surface area contributed by atoms with Gasteiger partial charge in [0.05, 0.1) is 19.9 Å². The van der Waals surface area contributed by atoms with Crippen molar-refractivity contribution in [1.29, 1.82) is 5.26 Å². The Labute approximate surface area is 132 Å². The molecule has 0 amide bonds. The Hall–Kier alpha value is -3.40. The second-order valence-corrected chi connectivity index (χ2v) is 4.56. The number of methoxy groups -OCH3 is 2. The van der Waals surface area contributed by atoms with Crippen LogP contribution in [0.15, 0.2) is 42.7 Å². The van der Waals surface area contributed by atoms with Crippen LogP contribution in [0.2, 0.25) is 0 Å². The molecule has 0 atom stereocenters. The van der Waals surface area contributed by atoms with Crippen molar-refractivity contribution in [2.75, 3.05) is 14.2 Å². The van der Waals surface area contributed by atoms with Crippen molar-refractivity contribution in [2.45, 2.75) is 0 Å². The summed E-state index contributed by atoms with van der Waals surface area (Å²) >= 11 is 0. The summed E-state index contributed by atoms with van der Waals surface area (Å²) < 4.78 is 12.1. The van der Waals surface area contributed by atoms with Gasteiger partial charge in [0.15, 0.2) is 17.2 Å². The quantitative estimate of drug-likeness (QED) is 0.734. The van der Waals surface area contributed by atoms with E-state index in [4.69, 9.17) is 14.7 Å². The highest BCUT2D eigenvalue weighted by molar-refractivity contribution is 5.66. The van der Waals surface area contributed by atoms with E-state index in [1.807, 2.05) is 18.2 Å². The van der Waals surface area contributed by atoms with E-state index in [1.165, 1.54) is 4.68 Å². The lowest BCUT2D eigenvalue weighted by Crippen LogP contribution is -2.04. The monoisotopic (exact) mass is 307 g/mol. The predicted octanol–water partition coefficient (Wildman–Crippen LogP) is 2.22. The summed E-state index contributed by atoms with van der Waals surface area (Å²) in [5.41, 5.74) is 1.78. The van der Waals surface area contributed by atoms with Crippen LogP contribution in [0, 0.1) is 11.3 Å². The fraction of sp³-hybridized carbons (Fsp3) is 0.125. The number of nitriles is 1. The third-order valence-electron chi connectivity index (χ3n) is 3.24. The van der Waals surface area contributed by atoms with Crippen LogP contribution >= 0.6 is 0 Å². The number of rotatable bonds is 4. The van der Waals surface area contributed by atoms with Crippen LogP contribution in [0.1, 0.15) is 5.69 Å². The van der Waals surface area contributed by atoms with E-state index in [2.05, 4.69) is 15.1 Å². The molecule has 0 radical (unpaired) electrons. The lowest BCUT2D eigenvalue weighted by atomic mass is 10.1. The summed E-state index contributed by atoms with van der Waals surface area (Å²) in [6, 6.07) is 10.9. The van der Waals surface area contributed by atoms with Crippen molar-refractivity contribution in [1.82, 2.24) is 19.7 Å². The molecule has 0 aliphatic heterocycles. The van der Waals surface area contributed by atoms with Gasteiger partial charge in [-0.25, -0.2) is 9.97 Å². The van der Waals surface area contributed by atoms with E-state index < -0.39 is 0 Å². The molecule has 2 heterocycles. The van der Waals surface area contributed by atoms with Gasteiger partial charge in [0.2, 0.25) is 0 Å². The second-order valence-electron chi connectivity index (χ2n) is 4.56. The molecule has 0 saturated carbocycles. The van der Waals surface area contributed by atoms with Gasteiger partial charge in [-0.3, -0.25) is 0 Å². The summed E-state index contributed by atoms with van der Waals surface area (Å²) in [5, 5.41) is 13.4. The zero-order valence-electron chi connectivity index (χ0n) is 12.6. The van der Waals surface area contributed by atoms with Gasteiger partial charge in [-0.05, 0) is 24.3 Å². The third-order valence-corrected chi connectivity index (χ3v) is 3.24. The molecule has 23 heavy (non-hydrogen) atoms. The van der Waals surface area contributed by atoms with E-state index in [9.17, 15) is 0 Å². The third kappa shape index (κ3) is 2.70. The van der Waals surface area contributed by atoms with Crippen LogP contribution in [0.3, 0.4) is 0 Å². The van der Waals surface area contributed by atoms with Crippen molar-refractivity contribution in [3.05, 3.63) is 48.4 Å². The summed E-state index contributed by atoms with van der Waals surface area (Å²) in [7, 11) is 3.15. The fourth-order valence-corrected chi connectivity index (χ4v) is 2.19. The first kappa shape index (κ1) is 14.5. The van der Waals surface area contributed by atoms with Gasteiger partial charge in [-0.2, -0.15) is 15.0 Å². The van der Waals surface area contributed by atoms with Crippen LogP contribution in [-0.2, 0) is 0 Å². The number of ether oxygens (including phenoxy) is 2. The Bertz CT molecular complexity index is 868. The Kier molecular flexibility index (Phi) is 3.89. The Balaban J connectivity index is 2.17. The lowest BCUT2D eigenvalue weighted by Gasteiger charge is -2.10. The zero-order chi connectivity index (χ0) is 16.2. The van der Waals surface area contributed by atoms with Gasteiger partial charge in [0.1, 0.15) is 6.07 Å². The SMILES string of the molecule is COc1ccc(-c2cc(C#N)nn2-c2ncccn2)cc1OC. The Morgan fingerprint density at radius 2 is 1.78 bits per heavy atom. The number of hydrogen-bond acceptors (Lipinski definition) is 6. The number of benzene rings is 1. The fourth-order valence-electron chi connectivity index (χ4n) is 2.19. The molecule has 0 bridgehead atoms. The number of aromatic nitrogens is 4. The lowest BCUT2D eigenvalue weighted by molar-refractivity contribution is 0.355. The normalized spacial score (nSPS) is 10.1. The molecule has 0 aliphatic carbocycles. The highest BCUT2D eigenvalue weighted by atomic mass is 16.5. The molecule has 114 valence electrons. The Morgan fingerprint density at radius 1 is 1.04 bits per heavy atom. The van der Waals surface area contributed by atoms with E-state index in [0.717, 1.165) is 5.56 Å². The van der Waals surface area contributed by atoms with Crippen LogP contribution in [0.25, 0.3) is 17.2 Å². The molecule has 0 unspecified atom stereocenters. The maximum Gasteiger partial charge on any atom is 0.251 e. The predicted molar refractivity (Wildman–Crippen MR) is 82.4 cm³/mol. The van der Waals surface area contributed by atoms with Crippen LogP contribution in [-0.4, -0.2) is 34.0 Å². The first-order valence-electron chi connectivity index (χ1n) is 6.76. The highest BCUT2D eigenvalue weighted by Crippen LogP contribution is 2.33. The first-order chi connectivity index (χ1) is 11.3. The number of hydrogen-bond donors (Lipinski definition) is 0. The molecule has 0 fully saturated rings. The topological polar surface area (TPSA) is 85.9 Å². The van der Waals surface area contributed by atoms with Gasteiger partial charge in [-0.15, -0.1) is 0 Å². The van der Waals surface area contributed by atoms with Gasteiger partial charge in [0.25, 0.3) is 5.95 Å².